The summed E-state index contributed by atoms with van der Waals surface area (Å²) in [6.45, 7) is 2.66. The topological polar surface area (TPSA) is 114 Å². The second kappa shape index (κ2) is 11.0. The molecule has 3 amide bonds. The third kappa shape index (κ3) is 6.61. The molecule has 1 aromatic rings. The van der Waals surface area contributed by atoms with Crippen LogP contribution >= 0.6 is 12.4 Å². The van der Waals surface area contributed by atoms with Gasteiger partial charge in [-0.15, -0.1) is 12.4 Å². The highest BCUT2D eigenvalue weighted by Gasteiger charge is 2.26. The molecule has 9 heteroatoms. The molecule has 29 heavy (non-hydrogen) atoms. The molecule has 1 aromatic carbocycles. The van der Waals surface area contributed by atoms with Crippen LogP contribution in [0, 0.1) is 5.92 Å². The smallest absolute Gasteiger partial charge is 0.255 e. The minimum absolute atomic E-state index is 0. The zero-order chi connectivity index (χ0) is 19.9. The van der Waals surface area contributed by atoms with Crippen molar-refractivity contribution in [3.8, 4) is 5.75 Å². The maximum absolute atomic E-state index is 12.8. The second-order valence-electron chi connectivity index (χ2n) is 7.43. The van der Waals surface area contributed by atoms with Crippen molar-refractivity contribution in [1.29, 1.82) is 0 Å². The van der Waals surface area contributed by atoms with Gasteiger partial charge >= 0.3 is 0 Å². The molecular formula is C20H29ClN4O4. The summed E-state index contributed by atoms with van der Waals surface area (Å²) < 4.78 is 5.22. The van der Waals surface area contributed by atoms with Crippen molar-refractivity contribution in [2.75, 3.05) is 32.8 Å². The van der Waals surface area contributed by atoms with E-state index in [0.717, 1.165) is 32.2 Å². The molecule has 0 bridgehead atoms. The van der Waals surface area contributed by atoms with E-state index in [2.05, 4.69) is 10.6 Å². The summed E-state index contributed by atoms with van der Waals surface area (Å²) >= 11 is 0. The number of primary amides is 1. The molecule has 2 fully saturated rings. The minimum atomic E-state index is -0.546. The fraction of sp³-hybridized carbons (Fsp3) is 0.550. The number of nitrogens with one attached hydrogen (secondary N) is 2. The van der Waals surface area contributed by atoms with Gasteiger partial charge in [-0.05, 0) is 62.4 Å². The maximum Gasteiger partial charge on any atom is 0.255 e. The van der Waals surface area contributed by atoms with Gasteiger partial charge in [0.25, 0.3) is 11.8 Å². The van der Waals surface area contributed by atoms with E-state index in [1.54, 1.807) is 24.3 Å². The predicted molar refractivity (Wildman–Crippen MR) is 111 cm³/mol. The van der Waals surface area contributed by atoms with Gasteiger partial charge in [-0.25, -0.2) is 0 Å². The van der Waals surface area contributed by atoms with Crippen molar-refractivity contribution in [2.24, 2.45) is 11.7 Å². The van der Waals surface area contributed by atoms with Crippen LogP contribution in [0.2, 0.25) is 0 Å². The van der Waals surface area contributed by atoms with E-state index in [4.69, 9.17) is 10.5 Å². The molecule has 8 nitrogen and oxygen atoms in total. The Hall–Kier alpha value is -2.32. The number of ether oxygens (including phenoxy) is 1. The summed E-state index contributed by atoms with van der Waals surface area (Å²) in [5.74, 6) is 0.245. The molecule has 3 rings (SSSR count). The Morgan fingerprint density at radius 2 is 1.93 bits per heavy atom. The molecule has 2 aliphatic rings. The van der Waals surface area contributed by atoms with Crippen LogP contribution in [-0.2, 0) is 9.59 Å². The first kappa shape index (κ1) is 23.0. The van der Waals surface area contributed by atoms with Gasteiger partial charge in [-0.2, -0.15) is 0 Å². The summed E-state index contributed by atoms with van der Waals surface area (Å²) in [5.41, 5.74) is 5.63. The number of likely N-dealkylation sites (tertiary alicyclic amines) is 1. The monoisotopic (exact) mass is 424 g/mol. The largest absolute Gasteiger partial charge is 0.484 e. The summed E-state index contributed by atoms with van der Waals surface area (Å²) in [6.07, 6.45) is 3.85. The molecule has 2 heterocycles. The SMILES string of the molecule is Cl.NC(=O)COc1ccc(C(=O)N2CCCC(CNC(=O)C3CCCN3)C2)cc1. The third-order valence-electron chi connectivity index (χ3n) is 5.23. The first-order valence-electron chi connectivity index (χ1n) is 9.84. The van der Waals surface area contributed by atoms with E-state index in [1.165, 1.54) is 0 Å². The number of amides is 3. The van der Waals surface area contributed by atoms with Crippen molar-refractivity contribution in [3.05, 3.63) is 29.8 Å². The van der Waals surface area contributed by atoms with E-state index >= 15 is 0 Å². The number of hydrogen-bond acceptors (Lipinski definition) is 5. The Balaban J connectivity index is 0.00000300. The zero-order valence-electron chi connectivity index (χ0n) is 16.4. The quantitative estimate of drug-likeness (QED) is 0.596. The lowest BCUT2D eigenvalue weighted by molar-refractivity contribution is -0.123. The van der Waals surface area contributed by atoms with Gasteiger partial charge in [-0.3, -0.25) is 14.4 Å². The molecule has 160 valence electrons. The average Bonchev–Trinajstić information content (AvgIpc) is 3.25. The highest BCUT2D eigenvalue weighted by Crippen LogP contribution is 2.20. The van der Waals surface area contributed by atoms with E-state index in [9.17, 15) is 14.4 Å². The molecule has 2 saturated heterocycles. The average molecular weight is 425 g/mol. The molecule has 2 aliphatic heterocycles. The number of benzene rings is 1. The number of piperidine rings is 1. The van der Waals surface area contributed by atoms with Gasteiger partial charge in [0.15, 0.2) is 6.61 Å². The number of nitrogens with two attached hydrogens (primary N) is 1. The molecule has 0 aliphatic carbocycles. The van der Waals surface area contributed by atoms with Crippen LogP contribution < -0.4 is 21.1 Å². The lowest BCUT2D eigenvalue weighted by Gasteiger charge is -2.33. The van der Waals surface area contributed by atoms with Crippen LogP contribution in [0.4, 0.5) is 0 Å². The second-order valence-corrected chi connectivity index (χ2v) is 7.43. The molecule has 2 unspecified atom stereocenters. The normalized spacial score (nSPS) is 21.2. The van der Waals surface area contributed by atoms with E-state index in [0.29, 0.717) is 30.9 Å². The van der Waals surface area contributed by atoms with E-state index in [-0.39, 0.29) is 42.8 Å². The minimum Gasteiger partial charge on any atom is -0.484 e. The number of hydrogen-bond donors (Lipinski definition) is 3. The standard InChI is InChI=1S/C20H28N4O4.ClH/c21-18(25)13-28-16-7-5-15(6-8-16)20(27)24-10-2-3-14(12-24)11-23-19(26)17-4-1-9-22-17;/h5-8,14,17,22H,1-4,9-13H2,(H2,21,25)(H,23,26);1H. The lowest BCUT2D eigenvalue weighted by Crippen LogP contribution is -2.46. The van der Waals surface area contributed by atoms with Gasteiger partial charge in [0.05, 0.1) is 6.04 Å². The lowest BCUT2D eigenvalue weighted by atomic mass is 9.97. The van der Waals surface area contributed by atoms with Gasteiger partial charge in [0, 0.05) is 25.2 Å². The number of nitrogens with zero attached hydrogens (tertiary/aromatic N) is 1. The molecule has 0 saturated carbocycles. The maximum atomic E-state index is 12.8. The van der Waals surface area contributed by atoms with Gasteiger partial charge in [0.2, 0.25) is 5.91 Å². The Morgan fingerprint density at radius 1 is 1.17 bits per heavy atom. The first-order chi connectivity index (χ1) is 13.5. The summed E-state index contributed by atoms with van der Waals surface area (Å²) in [7, 11) is 0. The summed E-state index contributed by atoms with van der Waals surface area (Å²) in [4.78, 5) is 37.5. The van der Waals surface area contributed by atoms with E-state index < -0.39 is 5.91 Å². The highest BCUT2D eigenvalue weighted by molar-refractivity contribution is 5.94. The van der Waals surface area contributed by atoms with Crippen LogP contribution in [-0.4, -0.2) is 61.4 Å². The van der Waals surface area contributed by atoms with Crippen LogP contribution in [0.25, 0.3) is 0 Å². The Bertz CT molecular complexity index is 707. The molecule has 0 aromatic heterocycles. The molecular weight excluding hydrogens is 396 g/mol. The van der Waals surface area contributed by atoms with Crippen LogP contribution in [0.1, 0.15) is 36.0 Å². The fourth-order valence-electron chi connectivity index (χ4n) is 3.72. The number of carbonyl (C=O) groups excluding carboxylic acids is 3. The molecule has 2 atom stereocenters. The Labute approximate surface area is 176 Å². The molecule has 4 N–H and O–H groups in total. The number of carbonyl (C=O) groups is 3. The van der Waals surface area contributed by atoms with Crippen molar-refractivity contribution >= 4 is 30.1 Å². The van der Waals surface area contributed by atoms with Crippen molar-refractivity contribution in [2.45, 2.75) is 31.7 Å². The number of rotatable bonds is 7. The molecule has 0 spiro atoms. The third-order valence-corrected chi connectivity index (χ3v) is 5.23. The highest BCUT2D eigenvalue weighted by atomic mass is 35.5. The van der Waals surface area contributed by atoms with Crippen LogP contribution in [0.3, 0.4) is 0 Å². The van der Waals surface area contributed by atoms with Crippen molar-refractivity contribution in [3.63, 3.8) is 0 Å². The van der Waals surface area contributed by atoms with Crippen LogP contribution in [0.5, 0.6) is 5.75 Å². The predicted octanol–water partition coefficient (Wildman–Crippen LogP) is 0.693. The van der Waals surface area contributed by atoms with E-state index in [1.807, 2.05) is 4.90 Å². The summed E-state index contributed by atoms with van der Waals surface area (Å²) in [5, 5.41) is 6.23. The van der Waals surface area contributed by atoms with Gasteiger partial charge in [-0.1, -0.05) is 0 Å². The summed E-state index contributed by atoms with van der Waals surface area (Å²) in [6, 6.07) is 6.63. The van der Waals surface area contributed by atoms with Crippen molar-refractivity contribution in [1.82, 2.24) is 15.5 Å². The number of halogens is 1. The van der Waals surface area contributed by atoms with Crippen LogP contribution in [0.15, 0.2) is 24.3 Å². The Kier molecular flexibility index (Phi) is 8.72. The Morgan fingerprint density at radius 3 is 2.59 bits per heavy atom. The van der Waals surface area contributed by atoms with Gasteiger partial charge in [0.1, 0.15) is 5.75 Å². The van der Waals surface area contributed by atoms with Crippen molar-refractivity contribution < 1.29 is 19.1 Å². The fourth-order valence-corrected chi connectivity index (χ4v) is 3.72. The zero-order valence-corrected chi connectivity index (χ0v) is 17.2. The first-order valence-corrected chi connectivity index (χ1v) is 9.84. The molecule has 0 radical (unpaired) electrons. The van der Waals surface area contributed by atoms with Gasteiger partial charge < -0.3 is 26.0 Å².